The van der Waals surface area contributed by atoms with Crippen molar-refractivity contribution in [1.82, 2.24) is 9.80 Å². The molecule has 0 aromatic heterocycles. The lowest BCUT2D eigenvalue weighted by atomic mass is 10.1. The Morgan fingerprint density at radius 1 is 1.24 bits per heavy atom. The molecule has 0 bridgehead atoms. The minimum Gasteiger partial charge on any atom is -0.378 e. The predicted octanol–water partition coefficient (Wildman–Crippen LogP) is 1.10. The van der Waals surface area contributed by atoms with Crippen LogP contribution in [0.15, 0.2) is 24.3 Å². The molecule has 1 aliphatic heterocycles. The fourth-order valence-electron chi connectivity index (χ4n) is 2.30. The molecule has 1 atom stereocenters. The smallest absolute Gasteiger partial charge is 0.111 e. The Morgan fingerprint density at radius 2 is 1.94 bits per heavy atom. The zero-order valence-electron chi connectivity index (χ0n) is 10.8. The first-order valence-corrected chi connectivity index (χ1v) is 6.31. The third-order valence-electron chi connectivity index (χ3n) is 3.46. The quantitative estimate of drug-likeness (QED) is 0.848. The molecule has 1 aromatic rings. The molecule has 17 heavy (non-hydrogen) atoms. The normalized spacial score (nSPS) is 20.4. The number of likely N-dealkylation sites (N-methyl/N-ethyl adjacent to an activating group) is 1. The van der Waals surface area contributed by atoms with Gasteiger partial charge in [0, 0.05) is 32.6 Å². The van der Waals surface area contributed by atoms with E-state index in [0.717, 1.165) is 32.6 Å². The number of aryl methyl sites for hydroxylation is 1. The standard InChI is InChI=1S/C14H22N2O/c1-12-4-3-5-13(10-12)11-14(17)16-8-6-15(2)7-9-16/h3-5,10,14,17H,6-9,11H2,1-2H3. The SMILES string of the molecule is Cc1cccc(CC(O)N2CCN(C)CC2)c1. The van der Waals surface area contributed by atoms with E-state index in [1.165, 1.54) is 11.1 Å². The number of piperazine rings is 1. The van der Waals surface area contributed by atoms with Gasteiger partial charge in [0.2, 0.25) is 0 Å². The summed E-state index contributed by atoms with van der Waals surface area (Å²) in [5.74, 6) is 0. The van der Waals surface area contributed by atoms with Crippen LogP contribution in [0.3, 0.4) is 0 Å². The maximum Gasteiger partial charge on any atom is 0.111 e. The van der Waals surface area contributed by atoms with Gasteiger partial charge in [-0.25, -0.2) is 0 Å². The molecular weight excluding hydrogens is 212 g/mol. The van der Waals surface area contributed by atoms with E-state index in [2.05, 4.69) is 48.0 Å². The molecule has 1 heterocycles. The number of hydrogen-bond acceptors (Lipinski definition) is 3. The molecular formula is C14H22N2O. The lowest BCUT2D eigenvalue weighted by molar-refractivity contribution is -0.0203. The van der Waals surface area contributed by atoms with Crippen LogP contribution < -0.4 is 0 Å². The zero-order chi connectivity index (χ0) is 12.3. The number of benzene rings is 1. The van der Waals surface area contributed by atoms with Crippen molar-refractivity contribution in [2.24, 2.45) is 0 Å². The van der Waals surface area contributed by atoms with E-state index < -0.39 is 0 Å². The third kappa shape index (κ3) is 3.53. The lowest BCUT2D eigenvalue weighted by Crippen LogP contribution is -2.49. The number of nitrogens with zero attached hydrogens (tertiary/aromatic N) is 2. The van der Waals surface area contributed by atoms with Gasteiger partial charge in [-0.05, 0) is 19.5 Å². The summed E-state index contributed by atoms with van der Waals surface area (Å²) in [4.78, 5) is 4.47. The van der Waals surface area contributed by atoms with Crippen LogP contribution in [0.4, 0.5) is 0 Å². The Bertz CT molecular complexity index is 359. The summed E-state index contributed by atoms with van der Waals surface area (Å²) in [7, 11) is 2.13. The molecule has 0 radical (unpaired) electrons. The van der Waals surface area contributed by atoms with Gasteiger partial charge in [-0.15, -0.1) is 0 Å². The van der Waals surface area contributed by atoms with Crippen LogP contribution in [-0.2, 0) is 6.42 Å². The molecule has 3 nitrogen and oxygen atoms in total. The number of aliphatic hydroxyl groups excluding tert-OH is 1. The van der Waals surface area contributed by atoms with Gasteiger partial charge in [0.05, 0.1) is 0 Å². The van der Waals surface area contributed by atoms with E-state index in [1.807, 2.05) is 0 Å². The van der Waals surface area contributed by atoms with Gasteiger partial charge in [0.1, 0.15) is 6.23 Å². The molecule has 0 spiro atoms. The van der Waals surface area contributed by atoms with Crippen LogP contribution in [0.1, 0.15) is 11.1 Å². The van der Waals surface area contributed by atoms with Gasteiger partial charge in [-0.2, -0.15) is 0 Å². The highest BCUT2D eigenvalue weighted by Gasteiger charge is 2.20. The first-order valence-electron chi connectivity index (χ1n) is 6.31. The van der Waals surface area contributed by atoms with Crippen molar-refractivity contribution in [3.05, 3.63) is 35.4 Å². The summed E-state index contributed by atoms with van der Waals surface area (Å²) < 4.78 is 0. The molecule has 1 unspecified atom stereocenters. The summed E-state index contributed by atoms with van der Waals surface area (Å²) in [5.41, 5.74) is 2.48. The van der Waals surface area contributed by atoms with Gasteiger partial charge in [-0.3, -0.25) is 4.90 Å². The van der Waals surface area contributed by atoms with E-state index in [0.29, 0.717) is 0 Å². The summed E-state index contributed by atoms with van der Waals surface area (Å²) in [5, 5.41) is 10.2. The molecule has 1 N–H and O–H groups in total. The van der Waals surface area contributed by atoms with E-state index in [4.69, 9.17) is 0 Å². The summed E-state index contributed by atoms with van der Waals surface area (Å²) >= 11 is 0. The Hall–Kier alpha value is -0.900. The Balaban J connectivity index is 1.90. The predicted molar refractivity (Wildman–Crippen MR) is 70.0 cm³/mol. The van der Waals surface area contributed by atoms with Crippen LogP contribution >= 0.6 is 0 Å². The maximum absolute atomic E-state index is 10.2. The molecule has 3 heteroatoms. The van der Waals surface area contributed by atoms with Crippen molar-refractivity contribution >= 4 is 0 Å². The highest BCUT2D eigenvalue weighted by atomic mass is 16.3. The zero-order valence-corrected chi connectivity index (χ0v) is 10.8. The summed E-state index contributed by atoms with van der Waals surface area (Å²) in [6.07, 6.45) is 0.385. The van der Waals surface area contributed by atoms with Crippen molar-refractivity contribution in [1.29, 1.82) is 0 Å². The molecule has 1 aliphatic rings. The fourth-order valence-corrected chi connectivity index (χ4v) is 2.30. The van der Waals surface area contributed by atoms with Crippen LogP contribution in [0.2, 0.25) is 0 Å². The van der Waals surface area contributed by atoms with Crippen molar-refractivity contribution in [3.8, 4) is 0 Å². The Morgan fingerprint density at radius 3 is 2.59 bits per heavy atom. The van der Waals surface area contributed by atoms with Crippen LogP contribution in [0, 0.1) is 6.92 Å². The average Bonchev–Trinajstić information content (AvgIpc) is 2.29. The number of aliphatic hydroxyl groups is 1. The molecule has 1 aromatic carbocycles. The molecule has 0 amide bonds. The number of hydrogen-bond donors (Lipinski definition) is 1. The van der Waals surface area contributed by atoms with Crippen LogP contribution in [0.5, 0.6) is 0 Å². The Labute approximate surface area is 104 Å². The fraction of sp³-hybridized carbons (Fsp3) is 0.571. The second-order valence-electron chi connectivity index (χ2n) is 5.01. The van der Waals surface area contributed by atoms with Crippen LogP contribution in [0.25, 0.3) is 0 Å². The number of rotatable bonds is 3. The largest absolute Gasteiger partial charge is 0.378 e. The van der Waals surface area contributed by atoms with E-state index >= 15 is 0 Å². The first-order chi connectivity index (χ1) is 8.15. The minimum atomic E-state index is -0.342. The van der Waals surface area contributed by atoms with Crippen molar-refractivity contribution in [2.75, 3.05) is 33.2 Å². The van der Waals surface area contributed by atoms with E-state index in [1.54, 1.807) is 0 Å². The summed E-state index contributed by atoms with van der Waals surface area (Å²) in [6.45, 7) is 6.11. The second kappa shape index (κ2) is 5.63. The van der Waals surface area contributed by atoms with Crippen molar-refractivity contribution < 1.29 is 5.11 Å². The molecule has 2 rings (SSSR count). The average molecular weight is 234 g/mol. The highest BCUT2D eigenvalue weighted by Crippen LogP contribution is 2.11. The monoisotopic (exact) mass is 234 g/mol. The topological polar surface area (TPSA) is 26.7 Å². The van der Waals surface area contributed by atoms with Gasteiger partial charge in [0.15, 0.2) is 0 Å². The van der Waals surface area contributed by atoms with Gasteiger partial charge in [0.25, 0.3) is 0 Å². The first kappa shape index (κ1) is 12.6. The third-order valence-corrected chi connectivity index (χ3v) is 3.46. The Kier molecular flexibility index (Phi) is 4.15. The minimum absolute atomic E-state index is 0.342. The molecule has 0 aliphatic carbocycles. The summed E-state index contributed by atoms with van der Waals surface area (Å²) in [6, 6.07) is 8.39. The molecule has 1 saturated heterocycles. The van der Waals surface area contributed by atoms with Gasteiger partial charge >= 0.3 is 0 Å². The van der Waals surface area contributed by atoms with Crippen molar-refractivity contribution in [2.45, 2.75) is 19.6 Å². The molecule has 0 saturated carbocycles. The molecule has 94 valence electrons. The van der Waals surface area contributed by atoms with Crippen molar-refractivity contribution in [3.63, 3.8) is 0 Å². The van der Waals surface area contributed by atoms with E-state index in [-0.39, 0.29) is 6.23 Å². The molecule has 1 fully saturated rings. The van der Waals surface area contributed by atoms with E-state index in [9.17, 15) is 5.11 Å². The lowest BCUT2D eigenvalue weighted by Gasteiger charge is -2.35. The maximum atomic E-state index is 10.2. The van der Waals surface area contributed by atoms with Gasteiger partial charge < -0.3 is 10.0 Å². The highest BCUT2D eigenvalue weighted by molar-refractivity contribution is 5.22. The second-order valence-corrected chi connectivity index (χ2v) is 5.01. The van der Waals surface area contributed by atoms with Gasteiger partial charge in [-0.1, -0.05) is 29.8 Å². The van der Waals surface area contributed by atoms with Crippen LogP contribution in [-0.4, -0.2) is 54.4 Å².